The highest BCUT2D eigenvalue weighted by Crippen LogP contribution is 2.20. The van der Waals surface area contributed by atoms with Gasteiger partial charge in [-0.2, -0.15) is 5.10 Å². The highest BCUT2D eigenvalue weighted by Gasteiger charge is 2.15. The van der Waals surface area contributed by atoms with Crippen LogP contribution in [0.1, 0.15) is 37.4 Å². The van der Waals surface area contributed by atoms with Gasteiger partial charge in [-0.1, -0.05) is 26.0 Å². The van der Waals surface area contributed by atoms with E-state index in [0.29, 0.717) is 18.8 Å². The van der Waals surface area contributed by atoms with Crippen LogP contribution in [0.3, 0.4) is 0 Å². The van der Waals surface area contributed by atoms with Gasteiger partial charge in [0.15, 0.2) is 0 Å². The summed E-state index contributed by atoms with van der Waals surface area (Å²) >= 11 is 0. The minimum absolute atomic E-state index is 0.00696. The number of aromatic nitrogens is 2. The third-order valence-electron chi connectivity index (χ3n) is 2.55. The maximum absolute atomic E-state index is 7.54. The highest BCUT2D eigenvalue weighted by atomic mass is 15.3. The van der Waals surface area contributed by atoms with Crippen LogP contribution in [0.5, 0.6) is 0 Å². The molecule has 0 aliphatic rings. The van der Waals surface area contributed by atoms with Crippen molar-refractivity contribution in [3.63, 3.8) is 0 Å². The Morgan fingerprint density at radius 2 is 2.35 bits per heavy atom. The standard InChI is InChI=1S/C12H21N5/c1-3-4-5-9(2)10-8-17(7-6-13)16-11(10)12(14)15/h4-5,8-9H,3,6-7,13H2,1-2H3,(H3,14,15)/b5-4-. The molecule has 0 bridgehead atoms. The largest absolute Gasteiger partial charge is 0.382 e. The average Bonchev–Trinajstić information content (AvgIpc) is 2.70. The summed E-state index contributed by atoms with van der Waals surface area (Å²) in [5, 5.41) is 11.8. The zero-order chi connectivity index (χ0) is 12.8. The number of allylic oxidation sites excluding steroid dienone is 2. The van der Waals surface area contributed by atoms with E-state index in [1.807, 2.05) is 6.20 Å². The van der Waals surface area contributed by atoms with Crippen molar-refractivity contribution in [2.75, 3.05) is 6.54 Å². The molecule has 0 aliphatic carbocycles. The fraction of sp³-hybridized carbons (Fsp3) is 0.500. The van der Waals surface area contributed by atoms with E-state index in [0.717, 1.165) is 12.0 Å². The highest BCUT2D eigenvalue weighted by molar-refractivity contribution is 5.94. The lowest BCUT2D eigenvalue weighted by Gasteiger charge is -2.05. The number of hydrogen-bond acceptors (Lipinski definition) is 3. The Balaban J connectivity index is 3.02. The molecule has 5 heteroatoms. The Kier molecular flexibility index (Phi) is 4.90. The van der Waals surface area contributed by atoms with Crippen molar-refractivity contribution in [2.24, 2.45) is 11.5 Å². The quantitative estimate of drug-likeness (QED) is 0.393. The minimum atomic E-state index is 0.00696. The molecule has 0 saturated heterocycles. The van der Waals surface area contributed by atoms with Crippen molar-refractivity contribution in [3.8, 4) is 0 Å². The van der Waals surface area contributed by atoms with Crippen LogP contribution in [0, 0.1) is 5.41 Å². The second-order valence-electron chi connectivity index (χ2n) is 4.02. The van der Waals surface area contributed by atoms with Gasteiger partial charge in [-0.3, -0.25) is 10.1 Å². The van der Waals surface area contributed by atoms with E-state index >= 15 is 0 Å². The second-order valence-corrected chi connectivity index (χ2v) is 4.02. The Hall–Kier alpha value is -1.62. The number of nitrogens with one attached hydrogen (secondary N) is 1. The van der Waals surface area contributed by atoms with Gasteiger partial charge in [0.1, 0.15) is 11.5 Å². The van der Waals surface area contributed by atoms with Crippen LogP contribution in [-0.2, 0) is 6.54 Å². The molecule has 1 rings (SSSR count). The van der Waals surface area contributed by atoms with Crippen molar-refractivity contribution < 1.29 is 0 Å². The molecule has 0 fully saturated rings. The van der Waals surface area contributed by atoms with Crippen LogP contribution >= 0.6 is 0 Å². The summed E-state index contributed by atoms with van der Waals surface area (Å²) < 4.78 is 1.75. The monoisotopic (exact) mass is 235 g/mol. The van der Waals surface area contributed by atoms with E-state index in [4.69, 9.17) is 16.9 Å². The van der Waals surface area contributed by atoms with Gasteiger partial charge >= 0.3 is 0 Å². The fourth-order valence-electron chi connectivity index (χ4n) is 1.67. The minimum Gasteiger partial charge on any atom is -0.382 e. The first kappa shape index (κ1) is 13.4. The zero-order valence-electron chi connectivity index (χ0n) is 10.5. The lowest BCUT2D eigenvalue weighted by molar-refractivity contribution is 0.623. The average molecular weight is 235 g/mol. The molecule has 94 valence electrons. The lowest BCUT2D eigenvalue weighted by atomic mass is 10.0. The molecule has 0 aliphatic heterocycles. The molecule has 0 saturated carbocycles. The summed E-state index contributed by atoms with van der Waals surface area (Å²) in [7, 11) is 0. The summed E-state index contributed by atoms with van der Waals surface area (Å²) in [5.41, 5.74) is 12.6. The second kappa shape index (κ2) is 6.20. The van der Waals surface area contributed by atoms with Gasteiger partial charge in [-0.15, -0.1) is 0 Å². The fourth-order valence-corrected chi connectivity index (χ4v) is 1.67. The predicted molar refractivity (Wildman–Crippen MR) is 70.1 cm³/mol. The Bertz CT molecular complexity index is 405. The van der Waals surface area contributed by atoms with E-state index in [1.165, 1.54) is 0 Å². The van der Waals surface area contributed by atoms with Gasteiger partial charge in [-0.25, -0.2) is 0 Å². The van der Waals surface area contributed by atoms with Gasteiger partial charge in [0.2, 0.25) is 0 Å². The normalized spacial score (nSPS) is 13.1. The number of nitrogens with two attached hydrogens (primary N) is 2. The van der Waals surface area contributed by atoms with Gasteiger partial charge in [-0.05, 0) is 6.42 Å². The molecule has 5 N–H and O–H groups in total. The van der Waals surface area contributed by atoms with Crippen molar-refractivity contribution in [2.45, 2.75) is 32.7 Å². The predicted octanol–water partition coefficient (Wildman–Crippen LogP) is 1.20. The number of rotatable bonds is 6. The molecular weight excluding hydrogens is 214 g/mol. The third kappa shape index (κ3) is 3.42. The molecule has 5 nitrogen and oxygen atoms in total. The van der Waals surface area contributed by atoms with E-state index in [-0.39, 0.29) is 11.8 Å². The molecule has 0 amide bonds. The van der Waals surface area contributed by atoms with Gasteiger partial charge < -0.3 is 11.5 Å². The molecule has 1 unspecified atom stereocenters. The smallest absolute Gasteiger partial charge is 0.144 e. The van der Waals surface area contributed by atoms with E-state index in [2.05, 4.69) is 31.1 Å². The molecule has 0 radical (unpaired) electrons. The first-order chi connectivity index (χ1) is 8.10. The molecule has 1 aromatic heterocycles. The number of amidine groups is 1. The zero-order valence-corrected chi connectivity index (χ0v) is 10.5. The molecule has 1 aromatic rings. The molecule has 1 atom stereocenters. The maximum atomic E-state index is 7.54. The molecule has 17 heavy (non-hydrogen) atoms. The van der Waals surface area contributed by atoms with Crippen molar-refractivity contribution >= 4 is 5.84 Å². The third-order valence-corrected chi connectivity index (χ3v) is 2.55. The maximum Gasteiger partial charge on any atom is 0.144 e. The summed E-state index contributed by atoms with van der Waals surface area (Å²) in [6, 6.07) is 0. The topological polar surface area (TPSA) is 93.7 Å². The Morgan fingerprint density at radius 1 is 1.65 bits per heavy atom. The molecule has 0 spiro atoms. The first-order valence-electron chi connectivity index (χ1n) is 5.88. The van der Waals surface area contributed by atoms with Gasteiger partial charge in [0, 0.05) is 24.2 Å². The summed E-state index contributed by atoms with van der Waals surface area (Å²) in [4.78, 5) is 0. The lowest BCUT2D eigenvalue weighted by Crippen LogP contribution is -2.16. The van der Waals surface area contributed by atoms with Crippen LogP contribution < -0.4 is 11.5 Å². The summed E-state index contributed by atoms with van der Waals surface area (Å²) in [6.45, 7) is 5.33. The van der Waals surface area contributed by atoms with Crippen molar-refractivity contribution in [1.82, 2.24) is 9.78 Å². The van der Waals surface area contributed by atoms with Gasteiger partial charge in [0.25, 0.3) is 0 Å². The Labute approximate surface area is 102 Å². The van der Waals surface area contributed by atoms with E-state index < -0.39 is 0 Å². The molecular formula is C12H21N5. The van der Waals surface area contributed by atoms with Crippen LogP contribution in [0.4, 0.5) is 0 Å². The van der Waals surface area contributed by atoms with Crippen LogP contribution in [-0.4, -0.2) is 22.2 Å². The molecule has 1 heterocycles. The summed E-state index contributed by atoms with van der Waals surface area (Å²) in [6.07, 6.45) is 7.13. The van der Waals surface area contributed by atoms with Gasteiger partial charge in [0.05, 0.1) is 6.54 Å². The van der Waals surface area contributed by atoms with Crippen molar-refractivity contribution in [1.29, 1.82) is 5.41 Å². The first-order valence-corrected chi connectivity index (χ1v) is 5.88. The molecule has 0 aromatic carbocycles. The van der Waals surface area contributed by atoms with E-state index in [9.17, 15) is 0 Å². The van der Waals surface area contributed by atoms with Crippen LogP contribution in [0.25, 0.3) is 0 Å². The SMILES string of the molecule is CC/C=C\C(C)c1cn(CCN)nc1C(=N)N. The van der Waals surface area contributed by atoms with Crippen molar-refractivity contribution in [3.05, 3.63) is 29.6 Å². The number of hydrogen-bond donors (Lipinski definition) is 3. The van der Waals surface area contributed by atoms with E-state index in [1.54, 1.807) is 4.68 Å². The van der Waals surface area contributed by atoms with Crippen LogP contribution in [0.15, 0.2) is 18.3 Å². The summed E-state index contributed by atoms with van der Waals surface area (Å²) in [5.74, 6) is 0.216. The van der Waals surface area contributed by atoms with Crippen LogP contribution in [0.2, 0.25) is 0 Å². The Morgan fingerprint density at radius 3 is 2.88 bits per heavy atom. The number of nitrogen functional groups attached to an aromatic ring is 1. The number of nitrogens with zero attached hydrogens (tertiary/aromatic N) is 2.